The van der Waals surface area contributed by atoms with Gasteiger partial charge >= 0.3 is 0 Å². The Morgan fingerprint density at radius 1 is 1.21 bits per heavy atom. The van der Waals surface area contributed by atoms with Crippen molar-refractivity contribution in [2.75, 3.05) is 41.9 Å². The minimum atomic E-state index is 0.327. The van der Waals surface area contributed by atoms with E-state index < -0.39 is 0 Å². The normalized spacial score (nSPS) is 12.6. The number of aryl methyl sites for hydroxylation is 1. The van der Waals surface area contributed by atoms with Crippen LogP contribution in [0.15, 0.2) is 12.1 Å². The van der Waals surface area contributed by atoms with E-state index in [-0.39, 0.29) is 0 Å². The maximum atomic E-state index is 5.55. The Morgan fingerprint density at radius 3 is 2.37 bits per heavy atom. The van der Waals surface area contributed by atoms with Crippen molar-refractivity contribution in [2.45, 2.75) is 19.4 Å². The maximum Gasteiger partial charge on any atom is 0.127 e. The second-order valence-corrected chi connectivity index (χ2v) is 4.93. The molecule has 0 amide bonds. The Morgan fingerprint density at radius 2 is 1.89 bits per heavy atom. The maximum absolute atomic E-state index is 5.55. The minimum Gasteiger partial charge on any atom is -0.497 e. The van der Waals surface area contributed by atoms with Crippen LogP contribution in [-0.4, -0.2) is 46.8 Å². The molecule has 0 saturated heterocycles. The van der Waals surface area contributed by atoms with Gasteiger partial charge in [-0.25, -0.2) is 0 Å². The number of hydrogen-bond donors (Lipinski definition) is 1. The second-order valence-electron chi connectivity index (χ2n) is 4.93. The van der Waals surface area contributed by atoms with Crippen molar-refractivity contribution in [3.8, 4) is 11.5 Å². The first kappa shape index (κ1) is 15.8. The lowest BCUT2D eigenvalue weighted by Crippen LogP contribution is -2.25. The van der Waals surface area contributed by atoms with Gasteiger partial charge in [0.15, 0.2) is 0 Å². The lowest BCUT2D eigenvalue weighted by Gasteiger charge is -2.28. The first-order valence-corrected chi connectivity index (χ1v) is 6.58. The lowest BCUT2D eigenvalue weighted by molar-refractivity contribution is 0.272. The van der Waals surface area contributed by atoms with Crippen LogP contribution in [0.2, 0.25) is 0 Å². The molecule has 0 bridgehead atoms. The van der Waals surface area contributed by atoms with E-state index in [1.807, 2.05) is 13.1 Å². The molecule has 0 saturated carbocycles. The fourth-order valence-electron chi connectivity index (χ4n) is 2.39. The monoisotopic (exact) mass is 266 g/mol. The molecule has 4 nitrogen and oxygen atoms in total. The Bertz CT molecular complexity index is 405. The molecule has 0 aliphatic rings. The quantitative estimate of drug-likeness (QED) is 0.820. The summed E-state index contributed by atoms with van der Waals surface area (Å²) in [5.41, 5.74) is 2.44. The molecule has 0 fully saturated rings. The molecule has 1 unspecified atom stereocenters. The standard InChI is InChI=1S/C15H26N2O2/c1-11-9-12(18-5)10-14(19-6)15(11)13(17(3)4)7-8-16-2/h9-10,13,16H,7-8H2,1-6H3. The van der Waals surface area contributed by atoms with Crippen molar-refractivity contribution in [3.63, 3.8) is 0 Å². The third kappa shape index (κ3) is 3.85. The number of nitrogens with zero attached hydrogens (tertiary/aromatic N) is 1. The number of methoxy groups -OCH3 is 2. The van der Waals surface area contributed by atoms with Crippen LogP contribution in [0.3, 0.4) is 0 Å². The van der Waals surface area contributed by atoms with E-state index in [0.29, 0.717) is 6.04 Å². The van der Waals surface area contributed by atoms with Gasteiger partial charge in [0.25, 0.3) is 0 Å². The molecule has 0 spiro atoms. The van der Waals surface area contributed by atoms with Gasteiger partial charge in [0, 0.05) is 17.7 Å². The molecule has 4 heteroatoms. The number of rotatable bonds is 7. The summed E-state index contributed by atoms with van der Waals surface area (Å²) in [5.74, 6) is 1.73. The van der Waals surface area contributed by atoms with Crippen molar-refractivity contribution in [1.29, 1.82) is 0 Å². The second kappa shape index (κ2) is 7.36. The molecule has 1 atom stereocenters. The van der Waals surface area contributed by atoms with Crippen LogP contribution in [0.4, 0.5) is 0 Å². The molecular weight excluding hydrogens is 240 g/mol. The van der Waals surface area contributed by atoms with Crippen LogP contribution in [0.5, 0.6) is 11.5 Å². The van der Waals surface area contributed by atoms with Crippen LogP contribution < -0.4 is 14.8 Å². The molecule has 1 N–H and O–H groups in total. The summed E-state index contributed by atoms with van der Waals surface area (Å²) in [4.78, 5) is 2.23. The van der Waals surface area contributed by atoms with Crippen molar-refractivity contribution in [1.82, 2.24) is 10.2 Å². The van der Waals surface area contributed by atoms with Gasteiger partial charge in [-0.1, -0.05) is 0 Å². The van der Waals surface area contributed by atoms with Crippen molar-refractivity contribution in [2.24, 2.45) is 0 Å². The largest absolute Gasteiger partial charge is 0.497 e. The van der Waals surface area contributed by atoms with Crippen LogP contribution in [0.25, 0.3) is 0 Å². The van der Waals surface area contributed by atoms with E-state index in [0.717, 1.165) is 24.5 Å². The number of benzene rings is 1. The molecule has 0 radical (unpaired) electrons. The molecule has 108 valence electrons. The molecule has 1 rings (SSSR count). The van der Waals surface area contributed by atoms with Gasteiger partial charge in [-0.2, -0.15) is 0 Å². The van der Waals surface area contributed by atoms with Crippen LogP contribution in [0, 0.1) is 6.92 Å². The number of ether oxygens (including phenoxy) is 2. The lowest BCUT2D eigenvalue weighted by atomic mass is 9.96. The van der Waals surface area contributed by atoms with Crippen molar-refractivity contribution >= 4 is 0 Å². The van der Waals surface area contributed by atoms with E-state index in [1.54, 1.807) is 14.2 Å². The predicted octanol–water partition coefficient (Wildman–Crippen LogP) is 2.22. The summed E-state index contributed by atoms with van der Waals surface area (Å²) in [7, 11) is 9.57. The van der Waals surface area contributed by atoms with Crippen LogP contribution in [0.1, 0.15) is 23.6 Å². The van der Waals surface area contributed by atoms with E-state index in [2.05, 4.69) is 37.3 Å². The Hall–Kier alpha value is -1.26. The van der Waals surface area contributed by atoms with E-state index in [9.17, 15) is 0 Å². The fourth-order valence-corrected chi connectivity index (χ4v) is 2.39. The zero-order valence-electron chi connectivity index (χ0n) is 12.9. The van der Waals surface area contributed by atoms with E-state index >= 15 is 0 Å². The summed E-state index contributed by atoms with van der Waals surface area (Å²) in [6.07, 6.45) is 1.03. The van der Waals surface area contributed by atoms with Gasteiger partial charge < -0.3 is 19.7 Å². The Balaban J connectivity index is 3.20. The topological polar surface area (TPSA) is 33.7 Å². The highest BCUT2D eigenvalue weighted by Gasteiger charge is 2.21. The highest BCUT2D eigenvalue weighted by molar-refractivity contribution is 5.48. The predicted molar refractivity (Wildman–Crippen MR) is 79.3 cm³/mol. The van der Waals surface area contributed by atoms with Gasteiger partial charge in [-0.05, 0) is 52.7 Å². The first-order chi connectivity index (χ1) is 9.04. The SMILES string of the molecule is CNCCC(c1c(C)cc(OC)cc1OC)N(C)C. The average molecular weight is 266 g/mol. The Labute approximate surface area is 116 Å². The van der Waals surface area contributed by atoms with Crippen LogP contribution >= 0.6 is 0 Å². The third-order valence-electron chi connectivity index (χ3n) is 3.40. The Kier molecular flexibility index (Phi) is 6.12. The van der Waals surface area contributed by atoms with Crippen molar-refractivity contribution in [3.05, 3.63) is 23.3 Å². The van der Waals surface area contributed by atoms with Crippen molar-refractivity contribution < 1.29 is 9.47 Å². The van der Waals surface area contributed by atoms with Gasteiger partial charge in [0.1, 0.15) is 11.5 Å². The first-order valence-electron chi connectivity index (χ1n) is 6.58. The van der Waals surface area contributed by atoms with Gasteiger partial charge in [0.2, 0.25) is 0 Å². The van der Waals surface area contributed by atoms with Gasteiger partial charge in [-0.15, -0.1) is 0 Å². The van der Waals surface area contributed by atoms with Gasteiger partial charge in [-0.3, -0.25) is 0 Å². The summed E-state index contributed by atoms with van der Waals surface area (Å²) in [6.45, 7) is 3.08. The zero-order chi connectivity index (χ0) is 14.4. The molecule has 0 aromatic heterocycles. The fraction of sp³-hybridized carbons (Fsp3) is 0.600. The molecule has 19 heavy (non-hydrogen) atoms. The smallest absolute Gasteiger partial charge is 0.127 e. The van der Waals surface area contributed by atoms with E-state index in [1.165, 1.54) is 11.1 Å². The van der Waals surface area contributed by atoms with Crippen LogP contribution in [-0.2, 0) is 0 Å². The average Bonchev–Trinajstić information content (AvgIpc) is 2.39. The summed E-state index contributed by atoms with van der Waals surface area (Å²) in [6, 6.07) is 4.35. The minimum absolute atomic E-state index is 0.327. The summed E-state index contributed by atoms with van der Waals surface area (Å²) >= 11 is 0. The van der Waals surface area contributed by atoms with Gasteiger partial charge in [0.05, 0.1) is 14.2 Å². The molecule has 1 aromatic carbocycles. The summed E-state index contributed by atoms with van der Waals surface area (Å²) in [5, 5.41) is 3.21. The highest BCUT2D eigenvalue weighted by Crippen LogP contribution is 2.36. The number of nitrogens with one attached hydrogen (secondary N) is 1. The van der Waals surface area contributed by atoms with E-state index in [4.69, 9.17) is 9.47 Å². The third-order valence-corrected chi connectivity index (χ3v) is 3.40. The molecular formula is C15H26N2O2. The zero-order valence-corrected chi connectivity index (χ0v) is 12.9. The highest BCUT2D eigenvalue weighted by atomic mass is 16.5. The molecule has 0 aliphatic carbocycles. The summed E-state index contributed by atoms with van der Waals surface area (Å²) < 4.78 is 10.9. The molecule has 0 heterocycles. The number of hydrogen-bond acceptors (Lipinski definition) is 4. The molecule has 0 aliphatic heterocycles. The molecule has 1 aromatic rings.